The van der Waals surface area contributed by atoms with Gasteiger partial charge in [0.2, 0.25) is 0 Å². The monoisotopic (exact) mass is 271 g/mol. The number of halogens is 1. The minimum Gasteiger partial charge on any atom is -0.354 e. The van der Waals surface area contributed by atoms with Gasteiger partial charge in [-0.2, -0.15) is 11.8 Å². The number of nitrogens with zero attached hydrogens (tertiary/aromatic N) is 3. The molecule has 1 fully saturated rings. The Kier molecular flexibility index (Phi) is 4.51. The molecule has 0 aromatic carbocycles. The minimum absolute atomic E-state index is 0.601. The topological polar surface area (TPSA) is 29.0 Å². The summed E-state index contributed by atoms with van der Waals surface area (Å²) in [5.74, 6) is 2.20. The van der Waals surface area contributed by atoms with Crippen molar-refractivity contribution in [1.29, 1.82) is 0 Å². The molecule has 1 aromatic rings. The summed E-state index contributed by atoms with van der Waals surface area (Å²) >= 11 is 8.20. The molecular weight excluding hydrogens is 254 g/mol. The van der Waals surface area contributed by atoms with Gasteiger partial charge in [0.1, 0.15) is 17.3 Å². The number of thioether (sulfide) groups is 1. The quantitative estimate of drug-likeness (QED) is 0.791. The van der Waals surface area contributed by atoms with Crippen molar-refractivity contribution in [3.63, 3.8) is 0 Å². The van der Waals surface area contributed by atoms with Crippen molar-refractivity contribution < 1.29 is 0 Å². The van der Waals surface area contributed by atoms with E-state index < -0.39 is 0 Å². The van der Waals surface area contributed by atoms with E-state index in [9.17, 15) is 0 Å². The lowest BCUT2D eigenvalue weighted by Crippen LogP contribution is -2.38. The van der Waals surface area contributed by atoms with Gasteiger partial charge in [0.25, 0.3) is 0 Å². The van der Waals surface area contributed by atoms with Crippen LogP contribution in [0.25, 0.3) is 0 Å². The molecular formula is C12H18ClN3S. The predicted octanol–water partition coefficient (Wildman–Crippen LogP) is 3.02. The second kappa shape index (κ2) is 5.91. The molecule has 94 valence electrons. The molecule has 5 heteroatoms. The number of rotatable bonds is 3. The van der Waals surface area contributed by atoms with Crippen molar-refractivity contribution >= 4 is 29.2 Å². The van der Waals surface area contributed by atoms with Crippen LogP contribution in [0.2, 0.25) is 5.15 Å². The smallest absolute Gasteiger partial charge is 0.137 e. The molecule has 0 N–H and O–H groups in total. The molecule has 1 aliphatic rings. The highest BCUT2D eigenvalue weighted by molar-refractivity contribution is 8.00. The van der Waals surface area contributed by atoms with Gasteiger partial charge in [-0.05, 0) is 12.8 Å². The van der Waals surface area contributed by atoms with E-state index in [4.69, 9.17) is 11.6 Å². The maximum Gasteiger partial charge on any atom is 0.137 e. The maximum absolute atomic E-state index is 6.14. The number of aromatic nitrogens is 2. The Morgan fingerprint density at radius 3 is 3.00 bits per heavy atom. The molecule has 1 aliphatic heterocycles. The normalized spacial score (nSPS) is 20.6. The summed E-state index contributed by atoms with van der Waals surface area (Å²) in [5.41, 5.74) is 1.08. The van der Waals surface area contributed by atoms with Gasteiger partial charge in [0.05, 0.1) is 0 Å². The summed E-state index contributed by atoms with van der Waals surface area (Å²) in [6.45, 7) is 6.47. The molecule has 0 bridgehead atoms. The van der Waals surface area contributed by atoms with Crippen LogP contribution in [0.5, 0.6) is 0 Å². The van der Waals surface area contributed by atoms with E-state index in [1.807, 2.05) is 0 Å². The van der Waals surface area contributed by atoms with E-state index in [-0.39, 0.29) is 0 Å². The van der Waals surface area contributed by atoms with Gasteiger partial charge in [0.15, 0.2) is 0 Å². The standard InChI is InChI=1S/C12H18ClN3S/c1-3-9-7-16(5-6-17-9)12-10(4-2)11(13)14-8-15-12/h8-9H,3-7H2,1-2H3. The highest BCUT2D eigenvalue weighted by atomic mass is 35.5. The van der Waals surface area contributed by atoms with Crippen LogP contribution in [0.3, 0.4) is 0 Å². The van der Waals surface area contributed by atoms with Gasteiger partial charge >= 0.3 is 0 Å². The summed E-state index contributed by atoms with van der Waals surface area (Å²) in [4.78, 5) is 10.8. The van der Waals surface area contributed by atoms with E-state index in [1.165, 1.54) is 12.2 Å². The average Bonchev–Trinajstić information content (AvgIpc) is 2.38. The zero-order chi connectivity index (χ0) is 12.3. The second-order valence-electron chi connectivity index (χ2n) is 4.17. The summed E-state index contributed by atoms with van der Waals surface area (Å²) in [6.07, 6.45) is 3.66. The number of anilines is 1. The van der Waals surface area contributed by atoms with Crippen LogP contribution in [0.4, 0.5) is 5.82 Å². The Hall–Kier alpha value is -0.480. The Morgan fingerprint density at radius 1 is 1.47 bits per heavy atom. The molecule has 2 rings (SSSR count). The van der Waals surface area contributed by atoms with Gasteiger partial charge in [-0.25, -0.2) is 9.97 Å². The molecule has 0 spiro atoms. The summed E-state index contributed by atoms with van der Waals surface area (Å²) in [6, 6.07) is 0. The maximum atomic E-state index is 6.14. The van der Waals surface area contributed by atoms with Gasteiger partial charge in [-0.15, -0.1) is 0 Å². The molecule has 1 saturated heterocycles. The third-order valence-corrected chi connectivity index (χ3v) is 4.82. The summed E-state index contributed by atoms with van der Waals surface area (Å²) < 4.78 is 0. The van der Waals surface area contributed by atoms with Gasteiger partial charge in [-0.3, -0.25) is 0 Å². The first-order valence-electron chi connectivity index (χ1n) is 6.12. The zero-order valence-corrected chi connectivity index (χ0v) is 11.9. The first-order chi connectivity index (χ1) is 8.26. The van der Waals surface area contributed by atoms with Crippen molar-refractivity contribution in [3.8, 4) is 0 Å². The zero-order valence-electron chi connectivity index (χ0n) is 10.3. The van der Waals surface area contributed by atoms with Crippen LogP contribution >= 0.6 is 23.4 Å². The van der Waals surface area contributed by atoms with Gasteiger partial charge < -0.3 is 4.90 Å². The highest BCUT2D eigenvalue weighted by Crippen LogP contribution is 2.29. The van der Waals surface area contributed by atoms with Gasteiger partial charge in [0, 0.05) is 29.7 Å². The van der Waals surface area contributed by atoms with Gasteiger partial charge in [-0.1, -0.05) is 25.4 Å². The molecule has 1 atom stereocenters. The molecule has 0 radical (unpaired) electrons. The van der Waals surface area contributed by atoms with E-state index >= 15 is 0 Å². The molecule has 0 saturated carbocycles. The Bertz CT molecular complexity index is 386. The number of hydrogen-bond acceptors (Lipinski definition) is 4. The number of hydrogen-bond donors (Lipinski definition) is 0. The van der Waals surface area contributed by atoms with Crippen LogP contribution in [0.15, 0.2) is 6.33 Å². The Labute approximate surface area is 112 Å². The predicted molar refractivity (Wildman–Crippen MR) is 75.2 cm³/mol. The fourth-order valence-corrected chi connectivity index (χ4v) is 3.56. The Balaban J connectivity index is 2.24. The SMILES string of the molecule is CCc1c(Cl)ncnc1N1CCSC(CC)C1. The van der Waals surface area contributed by atoms with Crippen molar-refractivity contribution in [3.05, 3.63) is 17.0 Å². The fraction of sp³-hybridized carbons (Fsp3) is 0.667. The minimum atomic E-state index is 0.601. The first-order valence-corrected chi connectivity index (χ1v) is 7.54. The van der Waals surface area contributed by atoms with Crippen molar-refractivity contribution in [1.82, 2.24) is 9.97 Å². The highest BCUT2D eigenvalue weighted by Gasteiger charge is 2.22. The Morgan fingerprint density at radius 2 is 2.29 bits per heavy atom. The molecule has 2 heterocycles. The van der Waals surface area contributed by atoms with E-state index in [2.05, 4.69) is 40.5 Å². The molecule has 3 nitrogen and oxygen atoms in total. The lowest BCUT2D eigenvalue weighted by atomic mass is 10.2. The molecule has 0 amide bonds. The first kappa shape index (κ1) is 13.0. The molecule has 0 aliphatic carbocycles. The largest absolute Gasteiger partial charge is 0.354 e. The average molecular weight is 272 g/mol. The van der Waals surface area contributed by atoms with Crippen LogP contribution in [-0.4, -0.2) is 34.1 Å². The van der Waals surface area contributed by atoms with Crippen LogP contribution in [0, 0.1) is 0 Å². The van der Waals surface area contributed by atoms with Crippen molar-refractivity contribution in [2.75, 3.05) is 23.7 Å². The van der Waals surface area contributed by atoms with Crippen molar-refractivity contribution in [2.24, 2.45) is 0 Å². The molecule has 17 heavy (non-hydrogen) atoms. The second-order valence-corrected chi connectivity index (χ2v) is 5.93. The van der Waals surface area contributed by atoms with Crippen molar-refractivity contribution in [2.45, 2.75) is 31.9 Å². The lowest BCUT2D eigenvalue weighted by Gasteiger charge is -2.33. The van der Waals surface area contributed by atoms with Crippen LogP contribution in [0.1, 0.15) is 25.8 Å². The molecule has 1 unspecified atom stereocenters. The van der Waals surface area contributed by atoms with Crippen LogP contribution < -0.4 is 4.90 Å². The third-order valence-electron chi connectivity index (χ3n) is 3.12. The van der Waals surface area contributed by atoms with E-state index in [0.29, 0.717) is 10.4 Å². The molecule has 1 aromatic heterocycles. The summed E-state index contributed by atoms with van der Waals surface area (Å²) in [7, 11) is 0. The van der Waals surface area contributed by atoms with Crippen LogP contribution in [-0.2, 0) is 6.42 Å². The third kappa shape index (κ3) is 2.86. The lowest BCUT2D eigenvalue weighted by molar-refractivity contribution is 0.714. The summed E-state index contributed by atoms with van der Waals surface area (Å²) in [5, 5.41) is 1.31. The van der Waals surface area contributed by atoms with E-state index in [0.717, 1.165) is 30.9 Å². The fourth-order valence-electron chi connectivity index (χ4n) is 2.12. The van der Waals surface area contributed by atoms with E-state index in [1.54, 1.807) is 6.33 Å².